The zero-order chi connectivity index (χ0) is 52.3. The first-order valence-electron chi connectivity index (χ1n) is 27.3. The molecule has 0 unspecified atom stereocenters. The highest BCUT2D eigenvalue weighted by Crippen LogP contribution is 2.50. The highest BCUT2D eigenvalue weighted by molar-refractivity contribution is 7.26. The minimum Gasteiger partial charge on any atom is -0.456 e. The largest absolute Gasteiger partial charge is 0.456 e. The van der Waals surface area contributed by atoms with Crippen LogP contribution in [0.25, 0.3) is 74.4 Å². The third kappa shape index (κ3) is 6.66. The molecule has 0 spiro atoms. The number of rotatable bonds is 5. The van der Waals surface area contributed by atoms with E-state index in [2.05, 4.69) is 275 Å². The summed E-state index contributed by atoms with van der Waals surface area (Å²) in [4.78, 5) is 7.60. The van der Waals surface area contributed by atoms with Gasteiger partial charge in [0.05, 0.1) is 5.69 Å². The fourth-order valence-corrected chi connectivity index (χ4v) is 14.4. The molecular formula is C72H54BN3OS. The van der Waals surface area contributed by atoms with Crippen LogP contribution in [0.15, 0.2) is 223 Å². The van der Waals surface area contributed by atoms with Gasteiger partial charge in [-0.05, 0) is 162 Å². The van der Waals surface area contributed by atoms with Crippen molar-refractivity contribution in [2.24, 2.45) is 0 Å². The van der Waals surface area contributed by atoms with Crippen LogP contribution in [0.2, 0.25) is 0 Å². The van der Waals surface area contributed by atoms with E-state index in [1.165, 1.54) is 97.1 Å². The molecule has 2 aliphatic heterocycles. The molecule has 12 aromatic carbocycles. The molecule has 0 N–H and O–H groups in total. The highest BCUT2D eigenvalue weighted by atomic mass is 32.1. The van der Waals surface area contributed by atoms with Crippen LogP contribution in [0.1, 0.15) is 52.7 Å². The summed E-state index contributed by atoms with van der Waals surface area (Å²) >= 11 is 1.89. The second-order valence-corrected chi connectivity index (χ2v) is 24.8. The molecule has 0 bridgehead atoms. The first-order chi connectivity index (χ1) is 37.9. The fraction of sp³-hybridized carbons (Fsp3) is 0.111. The van der Waals surface area contributed by atoms with E-state index in [9.17, 15) is 0 Å². The number of hydrogen-bond donors (Lipinski definition) is 0. The molecule has 0 aliphatic carbocycles. The molecule has 0 radical (unpaired) electrons. The number of furan rings is 1. The molecule has 4 nitrogen and oxygen atoms in total. The van der Waals surface area contributed by atoms with Crippen LogP contribution in [0.5, 0.6) is 0 Å². The van der Waals surface area contributed by atoms with E-state index in [-0.39, 0.29) is 17.5 Å². The van der Waals surface area contributed by atoms with E-state index in [1.807, 2.05) is 11.3 Å². The highest BCUT2D eigenvalue weighted by Gasteiger charge is 2.44. The molecule has 0 fully saturated rings. The van der Waals surface area contributed by atoms with Gasteiger partial charge in [0.25, 0.3) is 6.71 Å². The lowest BCUT2D eigenvalue weighted by molar-refractivity contribution is 0.590. The summed E-state index contributed by atoms with van der Waals surface area (Å²) in [5.41, 5.74) is 18.6. The Labute approximate surface area is 458 Å². The average molecular weight is 1020 g/mol. The predicted octanol–water partition coefficient (Wildman–Crippen LogP) is 19.0. The fourth-order valence-electron chi connectivity index (χ4n) is 13.2. The van der Waals surface area contributed by atoms with Crippen molar-refractivity contribution in [2.75, 3.05) is 14.7 Å². The lowest BCUT2D eigenvalue weighted by Gasteiger charge is -2.44. The summed E-state index contributed by atoms with van der Waals surface area (Å²) in [6.07, 6.45) is 0. The first kappa shape index (κ1) is 45.4. The van der Waals surface area contributed by atoms with Crippen molar-refractivity contribution < 1.29 is 4.42 Å². The number of hydrogen-bond acceptors (Lipinski definition) is 5. The molecule has 16 rings (SSSR count). The molecule has 78 heavy (non-hydrogen) atoms. The van der Waals surface area contributed by atoms with Crippen molar-refractivity contribution in [1.29, 1.82) is 0 Å². The Hall–Kier alpha value is -8.84. The Morgan fingerprint density at radius 2 is 0.974 bits per heavy atom. The molecule has 0 saturated heterocycles. The van der Waals surface area contributed by atoms with E-state index in [1.54, 1.807) is 0 Å². The van der Waals surface area contributed by atoms with Gasteiger partial charge < -0.3 is 19.1 Å². The second kappa shape index (κ2) is 16.3. The van der Waals surface area contributed by atoms with Gasteiger partial charge in [0, 0.05) is 76.4 Å². The van der Waals surface area contributed by atoms with Crippen LogP contribution in [-0.2, 0) is 10.8 Å². The van der Waals surface area contributed by atoms with Crippen molar-refractivity contribution in [1.82, 2.24) is 0 Å². The molecule has 0 atom stereocenters. The summed E-state index contributed by atoms with van der Waals surface area (Å²) in [6, 6.07) is 82.6. The SMILES string of the molecule is CC(C)(C)c1ccc(N2c3cc(N(c4ccc5oc6ccccc6c5c4)c4ccc5ccc6cccc7ccc4c5c67)ccc3B3c4cc5c(cc4N(c4ccc(C(C)(C)C)cc4)c4cccc2c43)sc2ccccc25)cc1. The molecule has 14 aromatic rings. The minimum atomic E-state index is -0.0647. The normalized spacial score (nSPS) is 13.4. The zero-order valence-electron chi connectivity index (χ0n) is 44.5. The number of para-hydroxylation sites is 1. The van der Waals surface area contributed by atoms with Gasteiger partial charge in [0.1, 0.15) is 11.2 Å². The topological polar surface area (TPSA) is 22.9 Å². The molecule has 6 heteroatoms. The Morgan fingerprint density at radius 3 is 1.68 bits per heavy atom. The molecule has 2 aliphatic rings. The molecule has 372 valence electrons. The van der Waals surface area contributed by atoms with Crippen LogP contribution < -0.4 is 31.1 Å². The van der Waals surface area contributed by atoms with Crippen molar-refractivity contribution in [3.05, 3.63) is 230 Å². The molecule has 0 saturated carbocycles. The second-order valence-electron chi connectivity index (χ2n) is 23.7. The van der Waals surface area contributed by atoms with E-state index in [4.69, 9.17) is 4.42 Å². The first-order valence-corrected chi connectivity index (χ1v) is 28.2. The van der Waals surface area contributed by atoms with Gasteiger partial charge in [-0.2, -0.15) is 0 Å². The third-order valence-electron chi connectivity index (χ3n) is 17.1. The number of benzene rings is 12. The van der Waals surface area contributed by atoms with Gasteiger partial charge >= 0.3 is 0 Å². The maximum Gasteiger partial charge on any atom is 0.252 e. The number of thiophene rings is 1. The maximum atomic E-state index is 6.49. The Kier molecular flexibility index (Phi) is 9.51. The van der Waals surface area contributed by atoms with Crippen molar-refractivity contribution in [3.8, 4) is 0 Å². The van der Waals surface area contributed by atoms with Gasteiger partial charge in [0.2, 0.25) is 0 Å². The van der Waals surface area contributed by atoms with E-state index in [0.29, 0.717) is 0 Å². The predicted molar refractivity (Wildman–Crippen MR) is 336 cm³/mol. The van der Waals surface area contributed by atoms with Crippen molar-refractivity contribution >= 4 is 160 Å². The lowest BCUT2D eigenvalue weighted by Crippen LogP contribution is -2.61. The molecule has 0 amide bonds. The van der Waals surface area contributed by atoms with E-state index >= 15 is 0 Å². The van der Waals surface area contributed by atoms with Gasteiger partial charge in [-0.1, -0.05) is 169 Å². The Balaban J connectivity index is 0.981. The van der Waals surface area contributed by atoms with Gasteiger partial charge in [-0.3, -0.25) is 0 Å². The summed E-state index contributed by atoms with van der Waals surface area (Å²) < 4.78 is 9.09. The molecule has 2 aromatic heterocycles. The van der Waals surface area contributed by atoms with Gasteiger partial charge in [-0.15, -0.1) is 11.3 Å². The standard InChI is InChI=1S/C72H54BN3OS/c1-71(2,3)46-25-29-48(30-26-46)75-60-17-12-18-61-70(60)73(58-41-56-53-16-8-10-20-66(53)78-67(56)42-63(58)76(61)49-31-27-47(28-32-49)72(4,5)6)57-36-33-51(40-62(57)75)74(50-34-38-65-55(39-50)52-15-7-9-19-64(52)77-65)59-37-24-45-22-21-43-13-11-14-44-23-35-54(59)69(45)68(43)44/h7-42H,1-6H3. The zero-order valence-corrected chi connectivity index (χ0v) is 45.3. The summed E-state index contributed by atoms with van der Waals surface area (Å²) in [7, 11) is 0. The summed E-state index contributed by atoms with van der Waals surface area (Å²) in [5.74, 6) is 0. The van der Waals surface area contributed by atoms with Crippen molar-refractivity contribution in [2.45, 2.75) is 52.4 Å². The Morgan fingerprint density at radius 1 is 0.397 bits per heavy atom. The smallest absolute Gasteiger partial charge is 0.252 e. The van der Waals surface area contributed by atoms with Gasteiger partial charge in [0.15, 0.2) is 0 Å². The number of anilines is 9. The minimum absolute atomic E-state index is 0.00494. The number of fused-ring (bicyclic) bond motifs is 10. The maximum absolute atomic E-state index is 6.49. The van der Waals surface area contributed by atoms with E-state index in [0.717, 1.165) is 56.1 Å². The summed E-state index contributed by atoms with van der Waals surface area (Å²) in [5, 5.41) is 12.3. The van der Waals surface area contributed by atoms with Crippen LogP contribution >= 0.6 is 11.3 Å². The summed E-state index contributed by atoms with van der Waals surface area (Å²) in [6.45, 7) is 13.7. The Bertz CT molecular complexity index is 4770. The van der Waals surface area contributed by atoms with Crippen LogP contribution in [0, 0.1) is 0 Å². The van der Waals surface area contributed by atoms with Crippen LogP contribution in [-0.4, -0.2) is 6.71 Å². The van der Waals surface area contributed by atoms with Crippen molar-refractivity contribution in [3.63, 3.8) is 0 Å². The quantitative estimate of drug-likeness (QED) is 0.127. The van der Waals surface area contributed by atoms with E-state index < -0.39 is 0 Å². The third-order valence-corrected chi connectivity index (χ3v) is 18.2. The lowest BCUT2D eigenvalue weighted by atomic mass is 9.33. The molecule has 4 heterocycles. The van der Waals surface area contributed by atoms with Gasteiger partial charge in [-0.25, -0.2) is 0 Å². The average Bonchev–Trinajstić information content (AvgIpc) is 4.11. The monoisotopic (exact) mass is 1020 g/mol. The molecular weight excluding hydrogens is 966 g/mol. The van der Waals surface area contributed by atoms with Crippen LogP contribution in [0.4, 0.5) is 51.2 Å². The number of nitrogens with zero attached hydrogens (tertiary/aromatic N) is 3. The van der Waals surface area contributed by atoms with Crippen LogP contribution in [0.3, 0.4) is 0 Å².